The monoisotopic (exact) mass is 247 g/mol. The number of likely N-dealkylation sites (tertiary alicyclic amines) is 1. The quantitative estimate of drug-likeness (QED) is 0.803. The van der Waals surface area contributed by atoms with Crippen molar-refractivity contribution in [1.82, 2.24) is 4.90 Å². The zero-order valence-corrected chi connectivity index (χ0v) is 11.3. The maximum atomic E-state index is 12.6. The Balaban J connectivity index is 2.23. The van der Waals surface area contributed by atoms with Crippen molar-refractivity contribution in [1.29, 1.82) is 0 Å². The largest absolute Gasteiger partial charge is 0.497 e. The van der Waals surface area contributed by atoms with Crippen LogP contribution in [0.4, 0.5) is 0 Å². The standard InChI is InChI=1S/C15H21NO2/c1-11-6-4-7-12(2)16(11)15(17)13-8-5-9-14(10-13)18-3/h5,8-12H,4,6-7H2,1-3H3/t11-,12-/m0/s1. The number of rotatable bonds is 2. The van der Waals surface area contributed by atoms with E-state index in [1.165, 1.54) is 6.42 Å². The lowest BCUT2D eigenvalue weighted by atomic mass is 9.96. The summed E-state index contributed by atoms with van der Waals surface area (Å²) in [7, 11) is 1.62. The number of carbonyl (C=O) groups is 1. The lowest BCUT2D eigenvalue weighted by Crippen LogP contribution is -2.47. The number of carbonyl (C=O) groups excluding carboxylic acids is 1. The number of methoxy groups -OCH3 is 1. The van der Waals surface area contributed by atoms with E-state index in [2.05, 4.69) is 13.8 Å². The van der Waals surface area contributed by atoms with E-state index >= 15 is 0 Å². The van der Waals surface area contributed by atoms with Crippen LogP contribution < -0.4 is 4.74 Å². The Hall–Kier alpha value is -1.51. The van der Waals surface area contributed by atoms with E-state index in [1.807, 2.05) is 29.2 Å². The number of hydrogen-bond donors (Lipinski definition) is 0. The molecule has 0 aromatic heterocycles. The molecular formula is C15H21NO2. The van der Waals surface area contributed by atoms with E-state index in [0.29, 0.717) is 12.1 Å². The Morgan fingerprint density at radius 2 is 1.94 bits per heavy atom. The van der Waals surface area contributed by atoms with Crippen LogP contribution in [0, 0.1) is 0 Å². The van der Waals surface area contributed by atoms with Gasteiger partial charge >= 0.3 is 0 Å². The van der Waals surface area contributed by atoms with Crippen LogP contribution in [0.25, 0.3) is 0 Å². The van der Waals surface area contributed by atoms with Gasteiger partial charge in [0.2, 0.25) is 0 Å². The summed E-state index contributed by atoms with van der Waals surface area (Å²) in [5.74, 6) is 0.853. The molecule has 0 spiro atoms. The van der Waals surface area contributed by atoms with Gasteiger partial charge in [-0.25, -0.2) is 0 Å². The number of amides is 1. The van der Waals surface area contributed by atoms with E-state index in [-0.39, 0.29) is 5.91 Å². The molecule has 98 valence electrons. The van der Waals surface area contributed by atoms with Crippen LogP contribution in [-0.2, 0) is 0 Å². The molecule has 0 unspecified atom stereocenters. The van der Waals surface area contributed by atoms with E-state index in [4.69, 9.17) is 4.74 Å². The van der Waals surface area contributed by atoms with Crippen molar-refractivity contribution in [3.8, 4) is 5.75 Å². The summed E-state index contributed by atoms with van der Waals surface area (Å²) in [5, 5.41) is 0. The summed E-state index contributed by atoms with van der Waals surface area (Å²) in [6, 6.07) is 8.06. The highest BCUT2D eigenvalue weighted by molar-refractivity contribution is 5.95. The average Bonchev–Trinajstić information content (AvgIpc) is 2.38. The van der Waals surface area contributed by atoms with Crippen molar-refractivity contribution in [3.05, 3.63) is 29.8 Å². The summed E-state index contributed by atoms with van der Waals surface area (Å²) in [6.45, 7) is 4.27. The van der Waals surface area contributed by atoms with Crippen molar-refractivity contribution in [2.45, 2.75) is 45.2 Å². The number of benzene rings is 1. The molecular weight excluding hydrogens is 226 g/mol. The predicted molar refractivity (Wildman–Crippen MR) is 71.9 cm³/mol. The van der Waals surface area contributed by atoms with E-state index in [9.17, 15) is 4.79 Å². The number of hydrogen-bond acceptors (Lipinski definition) is 2. The Kier molecular flexibility index (Phi) is 3.90. The molecule has 0 radical (unpaired) electrons. The van der Waals surface area contributed by atoms with Gasteiger partial charge < -0.3 is 9.64 Å². The summed E-state index contributed by atoms with van der Waals surface area (Å²) >= 11 is 0. The number of piperidine rings is 1. The van der Waals surface area contributed by atoms with Gasteiger partial charge in [0.15, 0.2) is 0 Å². The molecule has 3 heteroatoms. The molecule has 0 N–H and O–H groups in total. The van der Waals surface area contributed by atoms with Crippen molar-refractivity contribution >= 4 is 5.91 Å². The number of ether oxygens (including phenoxy) is 1. The molecule has 0 bridgehead atoms. The van der Waals surface area contributed by atoms with Crippen molar-refractivity contribution in [2.75, 3.05) is 7.11 Å². The SMILES string of the molecule is COc1cccc(C(=O)N2[C@@H](C)CCC[C@@H]2C)c1. The summed E-state index contributed by atoms with van der Waals surface area (Å²) in [4.78, 5) is 14.6. The first-order chi connectivity index (χ1) is 8.63. The molecule has 0 aliphatic carbocycles. The zero-order valence-electron chi connectivity index (χ0n) is 11.3. The fourth-order valence-corrected chi connectivity index (χ4v) is 2.73. The molecule has 3 nitrogen and oxygen atoms in total. The molecule has 1 saturated heterocycles. The van der Waals surface area contributed by atoms with E-state index in [1.54, 1.807) is 7.11 Å². The fourth-order valence-electron chi connectivity index (χ4n) is 2.73. The Labute approximate surface area is 109 Å². The molecule has 1 aromatic rings. The molecule has 1 heterocycles. The fraction of sp³-hybridized carbons (Fsp3) is 0.533. The Morgan fingerprint density at radius 3 is 2.56 bits per heavy atom. The lowest BCUT2D eigenvalue weighted by Gasteiger charge is -2.39. The first-order valence-corrected chi connectivity index (χ1v) is 6.60. The molecule has 1 aromatic carbocycles. The van der Waals surface area contributed by atoms with Gasteiger partial charge in [-0.2, -0.15) is 0 Å². The molecule has 18 heavy (non-hydrogen) atoms. The van der Waals surface area contributed by atoms with Gasteiger partial charge in [-0.05, 0) is 51.3 Å². The van der Waals surface area contributed by atoms with Crippen LogP contribution in [0.1, 0.15) is 43.5 Å². The highest BCUT2D eigenvalue weighted by Gasteiger charge is 2.29. The van der Waals surface area contributed by atoms with Gasteiger partial charge in [0, 0.05) is 17.6 Å². The van der Waals surface area contributed by atoms with Crippen molar-refractivity contribution in [2.24, 2.45) is 0 Å². The molecule has 1 fully saturated rings. The second-order valence-corrected chi connectivity index (χ2v) is 5.07. The normalized spacial score (nSPS) is 23.8. The second-order valence-electron chi connectivity index (χ2n) is 5.07. The van der Waals surface area contributed by atoms with Crippen LogP contribution in [0.3, 0.4) is 0 Å². The van der Waals surface area contributed by atoms with Crippen LogP contribution in [0.5, 0.6) is 5.75 Å². The minimum absolute atomic E-state index is 0.119. The summed E-state index contributed by atoms with van der Waals surface area (Å²) < 4.78 is 5.18. The maximum absolute atomic E-state index is 12.6. The highest BCUT2D eigenvalue weighted by atomic mass is 16.5. The molecule has 0 saturated carbocycles. The Morgan fingerprint density at radius 1 is 1.28 bits per heavy atom. The third kappa shape index (κ3) is 2.50. The third-order valence-electron chi connectivity index (χ3n) is 3.74. The van der Waals surface area contributed by atoms with Gasteiger partial charge in [-0.3, -0.25) is 4.79 Å². The molecule has 1 aliphatic heterocycles. The highest BCUT2D eigenvalue weighted by Crippen LogP contribution is 2.25. The smallest absolute Gasteiger partial charge is 0.254 e. The first kappa shape index (κ1) is 12.9. The van der Waals surface area contributed by atoms with E-state index < -0.39 is 0 Å². The zero-order chi connectivity index (χ0) is 13.1. The second kappa shape index (κ2) is 5.42. The van der Waals surface area contributed by atoms with Crippen LogP contribution >= 0.6 is 0 Å². The predicted octanol–water partition coefficient (Wildman–Crippen LogP) is 3.10. The van der Waals surface area contributed by atoms with E-state index in [0.717, 1.165) is 24.2 Å². The maximum Gasteiger partial charge on any atom is 0.254 e. The molecule has 2 rings (SSSR count). The van der Waals surface area contributed by atoms with Crippen LogP contribution in [0.15, 0.2) is 24.3 Å². The average molecular weight is 247 g/mol. The topological polar surface area (TPSA) is 29.5 Å². The minimum atomic E-state index is 0.119. The van der Waals surface area contributed by atoms with Crippen LogP contribution in [0.2, 0.25) is 0 Å². The summed E-state index contributed by atoms with van der Waals surface area (Å²) in [5.41, 5.74) is 0.718. The first-order valence-electron chi connectivity index (χ1n) is 6.60. The lowest BCUT2D eigenvalue weighted by molar-refractivity contribution is 0.0510. The number of nitrogens with zero attached hydrogens (tertiary/aromatic N) is 1. The van der Waals surface area contributed by atoms with Crippen LogP contribution in [-0.4, -0.2) is 30.0 Å². The van der Waals surface area contributed by atoms with Gasteiger partial charge in [-0.15, -0.1) is 0 Å². The molecule has 1 aliphatic rings. The molecule has 1 amide bonds. The minimum Gasteiger partial charge on any atom is -0.497 e. The van der Waals surface area contributed by atoms with Gasteiger partial charge in [0.05, 0.1) is 7.11 Å². The van der Waals surface area contributed by atoms with Gasteiger partial charge in [0.1, 0.15) is 5.75 Å². The van der Waals surface area contributed by atoms with Gasteiger partial charge in [-0.1, -0.05) is 6.07 Å². The molecule has 2 atom stereocenters. The third-order valence-corrected chi connectivity index (χ3v) is 3.74. The summed E-state index contributed by atoms with van der Waals surface area (Å²) in [6.07, 6.45) is 3.41. The van der Waals surface area contributed by atoms with Gasteiger partial charge in [0.25, 0.3) is 5.91 Å². The van der Waals surface area contributed by atoms with Crippen molar-refractivity contribution in [3.63, 3.8) is 0 Å². The Bertz CT molecular complexity index is 420. The van der Waals surface area contributed by atoms with Crippen molar-refractivity contribution < 1.29 is 9.53 Å².